The van der Waals surface area contributed by atoms with Gasteiger partial charge in [0.25, 0.3) is 5.91 Å². The van der Waals surface area contributed by atoms with E-state index in [4.69, 9.17) is 9.52 Å². The highest BCUT2D eigenvalue weighted by Gasteiger charge is 2.39. The smallest absolute Gasteiger partial charge is 0.317 e. The van der Waals surface area contributed by atoms with Gasteiger partial charge in [-0.25, -0.2) is 0 Å². The van der Waals surface area contributed by atoms with Crippen LogP contribution < -0.4 is 10.6 Å². The van der Waals surface area contributed by atoms with Crippen LogP contribution in [0.4, 0.5) is 0 Å². The van der Waals surface area contributed by atoms with E-state index in [9.17, 15) is 14.4 Å². The Morgan fingerprint density at radius 1 is 1.29 bits per heavy atom. The first-order valence-electron chi connectivity index (χ1n) is 9.94. The molecule has 0 bridgehead atoms. The number of hydrogen-bond acceptors (Lipinski definition) is 5. The van der Waals surface area contributed by atoms with E-state index < -0.39 is 17.9 Å². The van der Waals surface area contributed by atoms with Crippen LogP contribution in [0.1, 0.15) is 50.1 Å². The first-order chi connectivity index (χ1) is 13.3. The number of carbonyl (C=O) groups is 3. The van der Waals surface area contributed by atoms with E-state index in [0.717, 1.165) is 19.4 Å². The standard InChI is InChI=1S/C20H29N3O5/c1-12(2)18(22-19(26)16-4-3-7-28-16)20(27)21-14-8-15(9-14)23(11-17(24)25)10-13-5-6-13/h3-4,7,12-15,18H,5-6,8-11H2,1-2H3,(H,21,27)(H,22,26)(H,24,25). The number of carbonyl (C=O) groups excluding carboxylic acids is 2. The molecule has 1 heterocycles. The van der Waals surface area contributed by atoms with Gasteiger partial charge in [-0.05, 0) is 49.7 Å². The average Bonchev–Trinajstić information content (AvgIpc) is 3.22. The molecule has 8 heteroatoms. The molecule has 0 radical (unpaired) electrons. The molecule has 2 aliphatic rings. The quantitative estimate of drug-likeness (QED) is 0.557. The lowest BCUT2D eigenvalue weighted by Crippen LogP contribution is -2.59. The van der Waals surface area contributed by atoms with Crippen molar-refractivity contribution in [3.8, 4) is 0 Å². The van der Waals surface area contributed by atoms with Crippen LogP contribution in [0, 0.1) is 11.8 Å². The summed E-state index contributed by atoms with van der Waals surface area (Å²) in [6.07, 6.45) is 5.24. The van der Waals surface area contributed by atoms with E-state index in [1.807, 2.05) is 18.7 Å². The zero-order valence-corrected chi connectivity index (χ0v) is 16.4. The van der Waals surface area contributed by atoms with Crippen LogP contribution in [0.5, 0.6) is 0 Å². The molecular formula is C20H29N3O5. The normalized spacial score (nSPS) is 22.6. The molecule has 3 N–H and O–H groups in total. The maximum absolute atomic E-state index is 12.7. The van der Waals surface area contributed by atoms with Crippen molar-refractivity contribution in [2.24, 2.45) is 11.8 Å². The van der Waals surface area contributed by atoms with Gasteiger partial charge in [0.1, 0.15) is 6.04 Å². The van der Waals surface area contributed by atoms with Crippen molar-refractivity contribution < 1.29 is 23.9 Å². The molecule has 1 aromatic rings. The van der Waals surface area contributed by atoms with Gasteiger partial charge >= 0.3 is 5.97 Å². The van der Waals surface area contributed by atoms with Gasteiger partial charge < -0.3 is 20.2 Å². The molecular weight excluding hydrogens is 362 g/mol. The number of nitrogens with zero attached hydrogens (tertiary/aromatic N) is 1. The number of furan rings is 1. The summed E-state index contributed by atoms with van der Waals surface area (Å²) >= 11 is 0. The van der Waals surface area contributed by atoms with Gasteiger partial charge in [-0.15, -0.1) is 0 Å². The van der Waals surface area contributed by atoms with Gasteiger partial charge in [0.2, 0.25) is 5.91 Å². The summed E-state index contributed by atoms with van der Waals surface area (Å²) in [7, 11) is 0. The van der Waals surface area contributed by atoms with Crippen LogP contribution in [0.25, 0.3) is 0 Å². The number of aliphatic carboxylic acids is 1. The van der Waals surface area contributed by atoms with Crippen molar-refractivity contribution in [1.82, 2.24) is 15.5 Å². The van der Waals surface area contributed by atoms with Gasteiger partial charge in [0.05, 0.1) is 12.8 Å². The van der Waals surface area contributed by atoms with Gasteiger partial charge in [-0.2, -0.15) is 0 Å². The fraction of sp³-hybridized carbons (Fsp3) is 0.650. The lowest BCUT2D eigenvalue weighted by atomic mass is 9.84. The number of rotatable bonds is 10. The summed E-state index contributed by atoms with van der Waals surface area (Å²) in [4.78, 5) is 38.0. The van der Waals surface area contributed by atoms with E-state index >= 15 is 0 Å². The third-order valence-corrected chi connectivity index (χ3v) is 5.48. The first-order valence-corrected chi connectivity index (χ1v) is 9.94. The summed E-state index contributed by atoms with van der Waals surface area (Å²) in [6, 6.07) is 2.72. The molecule has 0 spiro atoms. The zero-order chi connectivity index (χ0) is 20.3. The van der Waals surface area contributed by atoms with E-state index in [1.165, 1.54) is 19.1 Å². The molecule has 2 saturated carbocycles. The number of carboxylic acid groups (broad SMARTS) is 1. The molecule has 0 aliphatic heterocycles. The largest absolute Gasteiger partial charge is 0.480 e. The Labute approximate surface area is 164 Å². The van der Waals surface area contributed by atoms with Crippen LogP contribution in [-0.4, -0.2) is 59.0 Å². The Morgan fingerprint density at radius 2 is 2.00 bits per heavy atom. The Hall–Kier alpha value is -2.35. The first kappa shape index (κ1) is 20.4. The van der Waals surface area contributed by atoms with Crippen LogP contribution in [0.3, 0.4) is 0 Å². The average molecular weight is 391 g/mol. The van der Waals surface area contributed by atoms with Crippen molar-refractivity contribution in [3.63, 3.8) is 0 Å². The lowest BCUT2D eigenvalue weighted by molar-refractivity contribution is -0.140. The predicted octanol–water partition coefficient (Wildman–Crippen LogP) is 1.48. The Kier molecular flexibility index (Phi) is 6.39. The van der Waals surface area contributed by atoms with Crippen molar-refractivity contribution in [2.45, 2.75) is 57.7 Å². The van der Waals surface area contributed by atoms with Gasteiger partial charge in [-0.1, -0.05) is 13.8 Å². The van der Waals surface area contributed by atoms with Crippen LogP contribution in [-0.2, 0) is 9.59 Å². The van der Waals surface area contributed by atoms with Crippen LogP contribution >= 0.6 is 0 Å². The minimum Gasteiger partial charge on any atom is -0.480 e. The second-order valence-corrected chi connectivity index (χ2v) is 8.27. The number of nitrogens with one attached hydrogen (secondary N) is 2. The van der Waals surface area contributed by atoms with Crippen LogP contribution in [0.15, 0.2) is 22.8 Å². The third-order valence-electron chi connectivity index (χ3n) is 5.48. The molecule has 2 amide bonds. The number of carboxylic acids is 1. The molecule has 2 aliphatic carbocycles. The summed E-state index contributed by atoms with van der Waals surface area (Å²) in [5.41, 5.74) is 0. The minimum absolute atomic E-state index is 0.00904. The van der Waals surface area contributed by atoms with E-state index in [-0.39, 0.29) is 36.2 Å². The molecule has 8 nitrogen and oxygen atoms in total. The monoisotopic (exact) mass is 391 g/mol. The fourth-order valence-corrected chi connectivity index (χ4v) is 3.60. The zero-order valence-electron chi connectivity index (χ0n) is 16.4. The molecule has 0 saturated heterocycles. The second kappa shape index (κ2) is 8.77. The highest BCUT2D eigenvalue weighted by molar-refractivity contribution is 5.95. The summed E-state index contributed by atoms with van der Waals surface area (Å²) in [5.74, 6) is -0.726. The molecule has 2 fully saturated rings. The molecule has 28 heavy (non-hydrogen) atoms. The van der Waals surface area contributed by atoms with Gasteiger partial charge in [0, 0.05) is 18.6 Å². The molecule has 154 valence electrons. The topological polar surface area (TPSA) is 112 Å². The lowest BCUT2D eigenvalue weighted by Gasteiger charge is -2.43. The summed E-state index contributed by atoms with van der Waals surface area (Å²) < 4.78 is 5.08. The van der Waals surface area contributed by atoms with Gasteiger partial charge in [-0.3, -0.25) is 19.3 Å². The summed E-state index contributed by atoms with van der Waals surface area (Å²) in [6.45, 7) is 4.63. The minimum atomic E-state index is -0.811. The molecule has 3 rings (SSSR count). The molecule has 1 unspecified atom stereocenters. The molecule has 0 aromatic carbocycles. The SMILES string of the molecule is CC(C)C(NC(=O)c1ccco1)C(=O)NC1CC(N(CC(=O)O)CC2CC2)C1. The van der Waals surface area contributed by atoms with Crippen LogP contribution in [0.2, 0.25) is 0 Å². The Morgan fingerprint density at radius 3 is 2.54 bits per heavy atom. The third kappa shape index (κ3) is 5.34. The van der Waals surface area contributed by atoms with Gasteiger partial charge in [0.15, 0.2) is 5.76 Å². The van der Waals surface area contributed by atoms with E-state index in [1.54, 1.807) is 12.1 Å². The van der Waals surface area contributed by atoms with Crippen molar-refractivity contribution in [1.29, 1.82) is 0 Å². The fourth-order valence-electron chi connectivity index (χ4n) is 3.60. The maximum atomic E-state index is 12.7. The second-order valence-electron chi connectivity index (χ2n) is 8.27. The molecule has 1 aromatic heterocycles. The molecule has 1 atom stereocenters. The van der Waals surface area contributed by atoms with Crippen molar-refractivity contribution in [2.75, 3.05) is 13.1 Å². The van der Waals surface area contributed by atoms with Crippen molar-refractivity contribution >= 4 is 17.8 Å². The maximum Gasteiger partial charge on any atom is 0.317 e. The predicted molar refractivity (Wildman–Crippen MR) is 102 cm³/mol. The Balaban J connectivity index is 1.49. The Bertz CT molecular complexity index is 693. The highest BCUT2D eigenvalue weighted by Crippen LogP contribution is 2.33. The highest BCUT2D eigenvalue weighted by atomic mass is 16.4. The van der Waals surface area contributed by atoms with E-state index in [0.29, 0.717) is 5.92 Å². The van der Waals surface area contributed by atoms with E-state index in [2.05, 4.69) is 10.6 Å². The van der Waals surface area contributed by atoms with Crippen molar-refractivity contribution in [3.05, 3.63) is 24.2 Å². The summed E-state index contributed by atoms with van der Waals surface area (Å²) in [5, 5.41) is 14.9. The number of hydrogen-bond donors (Lipinski definition) is 3. The number of amides is 2.